The van der Waals surface area contributed by atoms with E-state index in [0.717, 1.165) is 37.2 Å². The predicted octanol–water partition coefficient (Wildman–Crippen LogP) is 3.24. The van der Waals surface area contributed by atoms with E-state index in [9.17, 15) is 5.11 Å². The molecule has 0 aromatic heterocycles. The largest absolute Gasteiger partial charge is 0.389 e. The summed E-state index contributed by atoms with van der Waals surface area (Å²) in [7, 11) is 0. The molecule has 1 atom stereocenters. The third-order valence-electron chi connectivity index (χ3n) is 4.07. The second kappa shape index (κ2) is 5.22. The molecule has 1 aliphatic heterocycles. The van der Waals surface area contributed by atoms with E-state index in [2.05, 4.69) is 24.8 Å². The van der Waals surface area contributed by atoms with Crippen LogP contribution in [0.25, 0.3) is 0 Å². The van der Waals surface area contributed by atoms with Gasteiger partial charge in [0.05, 0.1) is 17.7 Å². The number of hydrogen-bond donors (Lipinski definition) is 1. The Hall–Kier alpha value is -1.53. The Morgan fingerprint density at radius 1 is 1.32 bits per heavy atom. The molecule has 0 aliphatic carbocycles. The Labute approximate surface area is 115 Å². The molecule has 1 unspecified atom stereocenters. The molecule has 1 aromatic carbocycles. The zero-order valence-corrected chi connectivity index (χ0v) is 12.0. The van der Waals surface area contributed by atoms with Crippen molar-refractivity contribution in [2.75, 3.05) is 18.0 Å². The van der Waals surface area contributed by atoms with Crippen LogP contribution in [0.2, 0.25) is 0 Å². The van der Waals surface area contributed by atoms with E-state index >= 15 is 0 Å². The molecule has 0 saturated carbocycles. The molecule has 3 heteroatoms. The highest BCUT2D eigenvalue weighted by Gasteiger charge is 2.27. The molecular formula is C16H22N2O. The van der Waals surface area contributed by atoms with Gasteiger partial charge in [-0.05, 0) is 37.3 Å². The molecule has 3 nitrogen and oxygen atoms in total. The lowest BCUT2D eigenvalue weighted by atomic mass is 9.82. The maximum atomic E-state index is 9.89. The van der Waals surface area contributed by atoms with Crippen molar-refractivity contribution in [3.05, 3.63) is 29.3 Å². The van der Waals surface area contributed by atoms with E-state index in [1.54, 1.807) is 13.0 Å². The summed E-state index contributed by atoms with van der Waals surface area (Å²) in [5.74, 6) is 0. The molecule has 0 spiro atoms. The third kappa shape index (κ3) is 3.08. The highest BCUT2D eigenvalue weighted by molar-refractivity contribution is 5.58. The van der Waals surface area contributed by atoms with Crippen LogP contribution in [0.15, 0.2) is 18.2 Å². The van der Waals surface area contributed by atoms with Gasteiger partial charge in [-0.2, -0.15) is 5.26 Å². The van der Waals surface area contributed by atoms with Gasteiger partial charge in [-0.1, -0.05) is 19.9 Å². The van der Waals surface area contributed by atoms with Crippen molar-refractivity contribution < 1.29 is 5.11 Å². The minimum absolute atomic E-state index is 0.397. The van der Waals surface area contributed by atoms with Crippen LogP contribution in [0.3, 0.4) is 0 Å². The molecule has 0 amide bonds. The molecule has 1 saturated heterocycles. The van der Waals surface area contributed by atoms with Gasteiger partial charge in [-0.3, -0.25) is 0 Å². The number of nitrogens with zero attached hydrogens (tertiary/aromatic N) is 2. The van der Waals surface area contributed by atoms with Gasteiger partial charge in [0.25, 0.3) is 0 Å². The number of rotatable bonds is 2. The minimum Gasteiger partial charge on any atom is -0.389 e. The van der Waals surface area contributed by atoms with Gasteiger partial charge in [0, 0.05) is 24.3 Å². The Balaban J connectivity index is 2.30. The quantitative estimate of drug-likeness (QED) is 0.886. The first-order valence-electron chi connectivity index (χ1n) is 6.90. The van der Waals surface area contributed by atoms with Crippen molar-refractivity contribution in [2.24, 2.45) is 5.41 Å². The topological polar surface area (TPSA) is 47.3 Å². The standard InChI is InChI=1S/C16H22N2O/c1-12(19)14-5-4-13(11-17)10-15(14)18-8-6-16(2,3)7-9-18/h4-5,10,12,19H,6-9H2,1-3H3. The fourth-order valence-electron chi connectivity index (χ4n) is 2.59. The molecule has 1 aliphatic rings. The molecule has 1 heterocycles. The first-order chi connectivity index (χ1) is 8.93. The lowest BCUT2D eigenvalue weighted by Gasteiger charge is -2.39. The number of aliphatic hydroxyl groups excluding tert-OH is 1. The SMILES string of the molecule is CC(O)c1ccc(C#N)cc1N1CCC(C)(C)CC1. The lowest BCUT2D eigenvalue weighted by Crippen LogP contribution is -2.37. The number of hydrogen-bond acceptors (Lipinski definition) is 3. The second-order valence-electron chi connectivity index (χ2n) is 6.21. The van der Waals surface area contributed by atoms with Gasteiger partial charge >= 0.3 is 0 Å². The molecule has 19 heavy (non-hydrogen) atoms. The predicted molar refractivity (Wildman–Crippen MR) is 77.0 cm³/mol. The summed E-state index contributed by atoms with van der Waals surface area (Å²) in [6, 6.07) is 7.73. The highest BCUT2D eigenvalue weighted by atomic mass is 16.3. The molecular weight excluding hydrogens is 236 g/mol. The summed E-state index contributed by atoms with van der Waals surface area (Å²) < 4.78 is 0. The van der Waals surface area contributed by atoms with Crippen LogP contribution in [0, 0.1) is 16.7 Å². The van der Waals surface area contributed by atoms with Gasteiger partial charge in [0.2, 0.25) is 0 Å². The average Bonchev–Trinajstić information content (AvgIpc) is 2.38. The Kier molecular flexibility index (Phi) is 3.82. The monoisotopic (exact) mass is 258 g/mol. The van der Waals surface area contributed by atoms with Gasteiger partial charge in [-0.15, -0.1) is 0 Å². The Morgan fingerprint density at radius 3 is 2.47 bits per heavy atom. The van der Waals surface area contributed by atoms with E-state index in [1.807, 2.05) is 12.1 Å². The molecule has 102 valence electrons. The highest BCUT2D eigenvalue weighted by Crippen LogP contribution is 2.35. The third-order valence-corrected chi connectivity index (χ3v) is 4.07. The number of anilines is 1. The van der Waals surface area contributed by atoms with Crippen LogP contribution in [0.5, 0.6) is 0 Å². The molecule has 1 aromatic rings. The first-order valence-corrected chi connectivity index (χ1v) is 6.90. The van der Waals surface area contributed by atoms with Gasteiger partial charge < -0.3 is 10.0 Å². The molecule has 2 rings (SSSR count). The number of nitriles is 1. The number of aliphatic hydroxyl groups is 1. The minimum atomic E-state index is -0.502. The summed E-state index contributed by atoms with van der Waals surface area (Å²) in [5, 5.41) is 18.9. The lowest BCUT2D eigenvalue weighted by molar-refractivity contribution is 0.199. The van der Waals surface area contributed by atoms with Crippen LogP contribution in [0.4, 0.5) is 5.69 Å². The van der Waals surface area contributed by atoms with Crippen LogP contribution >= 0.6 is 0 Å². The van der Waals surface area contributed by atoms with Gasteiger partial charge in [0.1, 0.15) is 0 Å². The summed E-state index contributed by atoms with van der Waals surface area (Å²) in [4.78, 5) is 2.30. The van der Waals surface area contributed by atoms with Crippen molar-refractivity contribution in [1.29, 1.82) is 5.26 Å². The van der Waals surface area contributed by atoms with Crippen LogP contribution < -0.4 is 4.90 Å². The van der Waals surface area contributed by atoms with Crippen LogP contribution in [0.1, 0.15) is 50.8 Å². The second-order valence-corrected chi connectivity index (χ2v) is 6.21. The van der Waals surface area contributed by atoms with Crippen molar-refractivity contribution >= 4 is 5.69 Å². The Morgan fingerprint density at radius 2 is 1.95 bits per heavy atom. The Bertz CT molecular complexity index is 490. The number of piperidine rings is 1. The van der Waals surface area contributed by atoms with E-state index in [4.69, 9.17) is 5.26 Å². The fraction of sp³-hybridized carbons (Fsp3) is 0.562. The van der Waals surface area contributed by atoms with Crippen molar-refractivity contribution in [2.45, 2.75) is 39.7 Å². The van der Waals surface area contributed by atoms with E-state index < -0.39 is 6.10 Å². The zero-order valence-electron chi connectivity index (χ0n) is 12.0. The summed E-state index contributed by atoms with van der Waals surface area (Å²) >= 11 is 0. The fourth-order valence-corrected chi connectivity index (χ4v) is 2.59. The van der Waals surface area contributed by atoms with Crippen molar-refractivity contribution in [1.82, 2.24) is 0 Å². The maximum Gasteiger partial charge on any atom is 0.0992 e. The van der Waals surface area contributed by atoms with E-state index in [1.165, 1.54) is 0 Å². The molecule has 0 bridgehead atoms. The summed E-state index contributed by atoms with van der Waals surface area (Å²) in [6.07, 6.45) is 1.78. The number of benzene rings is 1. The van der Waals surface area contributed by atoms with Gasteiger partial charge in [0.15, 0.2) is 0 Å². The van der Waals surface area contributed by atoms with Gasteiger partial charge in [-0.25, -0.2) is 0 Å². The van der Waals surface area contributed by atoms with Crippen LogP contribution in [-0.4, -0.2) is 18.2 Å². The summed E-state index contributed by atoms with van der Waals surface area (Å²) in [6.45, 7) is 8.35. The zero-order chi connectivity index (χ0) is 14.0. The average molecular weight is 258 g/mol. The molecule has 1 fully saturated rings. The van der Waals surface area contributed by atoms with Crippen molar-refractivity contribution in [3.63, 3.8) is 0 Å². The van der Waals surface area contributed by atoms with E-state index in [-0.39, 0.29) is 0 Å². The van der Waals surface area contributed by atoms with Crippen molar-refractivity contribution in [3.8, 4) is 6.07 Å². The van der Waals surface area contributed by atoms with Crippen LogP contribution in [-0.2, 0) is 0 Å². The first kappa shape index (κ1) is 13.9. The molecule has 0 radical (unpaired) electrons. The smallest absolute Gasteiger partial charge is 0.0992 e. The molecule has 1 N–H and O–H groups in total. The van der Waals surface area contributed by atoms with E-state index in [0.29, 0.717) is 11.0 Å². The normalized spacial score (nSPS) is 19.8. The summed E-state index contributed by atoms with van der Waals surface area (Å²) in [5.41, 5.74) is 2.99. The maximum absolute atomic E-state index is 9.89.